The Kier molecular flexibility index (Phi) is 3.22. The van der Waals surface area contributed by atoms with Crippen LogP contribution in [-0.2, 0) is 0 Å². The largest absolute Gasteiger partial charge is 0.389 e. The Labute approximate surface area is 108 Å². The number of anilines is 1. The Morgan fingerprint density at radius 2 is 2.28 bits per heavy atom. The van der Waals surface area contributed by atoms with Crippen molar-refractivity contribution in [3.05, 3.63) is 23.9 Å². The number of fused-ring (bicyclic) bond motifs is 1. The molecule has 18 heavy (non-hydrogen) atoms. The number of pyridine rings is 1. The first-order chi connectivity index (χ1) is 8.75. The van der Waals surface area contributed by atoms with Gasteiger partial charge in [0.05, 0.1) is 6.10 Å². The molecule has 98 valence electrons. The van der Waals surface area contributed by atoms with Crippen molar-refractivity contribution in [2.24, 2.45) is 0 Å². The van der Waals surface area contributed by atoms with Gasteiger partial charge in [0, 0.05) is 37.4 Å². The molecule has 2 fully saturated rings. The van der Waals surface area contributed by atoms with E-state index in [1.807, 2.05) is 25.3 Å². The van der Waals surface area contributed by atoms with Gasteiger partial charge in [-0.2, -0.15) is 0 Å². The Bertz CT molecular complexity index is 421. The zero-order valence-corrected chi connectivity index (χ0v) is 10.9. The smallest absolute Gasteiger partial charge is 0.134 e. The van der Waals surface area contributed by atoms with Gasteiger partial charge >= 0.3 is 0 Å². The molecule has 2 saturated heterocycles. The minimum Gasteiger partial charge on any atom is -0.389 e. The van der Waals surface area contributed by atoms with E-state index in [0.717, 1.165) is 31.0 Å². The molecule has 2 atom stereocenters. The van der Waals surface area contributed by atoms with Crippen LogP contribution in [0.15, 0.2) is 18.3 Å². The second kappa shape index (κ2) is 4.86. The highest BCUT2D eigenvalue weighted by Gasteiger charge is 2.31. The van der Waals surface area contributed by atoms with Crippen molar-refractivity contribution in [3.8, 4) is 0 Å². The third-order valence-electron chi connectivity index (χ3n) is 4.15. The number of aliphatic hydroxyl groups excluding tert-OH is 1. The lowest BCUT2D eigenvalue weighted by Crippen LogP contribution is -2.50. The van der Waals surface area contributed by atoms with E-state index in [1.54, 1.807) is 0 Å². The molecule has 2 aliphatic rings. The number of rotatable bonds is 2. The number of hydrogen-bond donors (Lipinski definition) is 1. The average Bonchev–Trinajstić information content (AvgIpc) is 2.85. The molecule has 1 aromatic rings. The second-order valence-corrected chi connectivity index (χ2v) is 5.37. The number of aromatic nitrogens is 1. The van der Waals surface area contributed by atoms with Crippen molar-refractivity contribution in [3.63, 3.8) is 0 Å². The van der Waals surface area contributed by atoms with Gasteiger partial charge in [0.25, 0.3) is 0 Å². The van der Waals surface area contributed by atoms with Crippen LogP contribution in [0.5, 0.6) is 0 Å². The highest BCUT2D eigenvalue weighted by atomic mass is 16.3. The lowest BCUT2D eigenvalue weighted by Gasteiger charge is -2.39. The molecule has 4 heteroatoms. The minimum atomic E-state index is -0.449. The normalized spacial score (nSPS) is 26.1. The highest BCUT2D eigenvalue weighted by molar-refractivity contribution is 5.48. The highest BCUT2D eigenvalue weighted by Crippen LogP contribution is 2.28. The van der Waals surface area contributed by atoms with Crippen molar-refractivity contribution < 1.29 is 5.11 Å². The lowest BCUT2D eigenvalue weighted by molar-refractivity contribution is 0.197. The number of piperazine rings is 1. The summed E-state index contributed by atoms with van der Waals surface area (Å²) in [6.45, 7) is 6.26. The molecule has 1 aromatic heterocycles. The third kappa shape index (κ3) is 2.10. The summed E-state index contributed by atoms with van der Waals surface area (Å²) in [4.78, 5) is 9.41. The summed E-state index contributed by atoms with van der Waals surface area (Å²) in [7, 11) is 0. The summed E-state index contributed by atoms with van der Waals surface area (Å²) in [5.41, 5.74) is 0.948. The molecule has 0 radical (unpaired) electrons. The molecule has 0 amide bonds. The van der Waals surface area contributed by atoms with Gasteiger partial charge in [-0.3, -0.25) is 4.90 Å². The van der Waals surface area contributed by atoms with Crippen LogP contribution in [0.4, 0.5) is 5.82 Å². The Morgan fingerprint density at radius 1 is 1.39 bits per heavy atom. The molecule has 2 aliphatic heterocycles. The summed E-state index contributed by atoms with van der Waals surface area (Å²) in [5, 5.41) is 9.85. The Balaban J connectivity index is 1.82. The SMILES string of the molecule is CC(O)c1cccnc1N1CCN2CCCC2C1. The average molecular weight is 247 g/mol. The first-order valence-corrected chi connectivity index (χ1v) is 6.87. The van der Waals surface area contributed by atoms with Gasteiger partial charge in [0.1, 0.15) is 5.82 Å². The van der Waals surface area contributed by atoms with Crippen molar-refractivity contribution in [1.82, 2.24) is 9.88 Å². The van der Waals surface area contributed by atoms with Crippen LogP contribution in [0.25, 0.3) is 0 Å². The zero-order valence-electron chi connectivity index (χ0n) is 10.9. The second-order valence-electron chi connectivity index (χ2n) is 5.37. The molecule has 0 bridgehead atoms. The topological polar surface area (TPSA) is 39.6 Å². The van der Waals surface area contributed by atoms with Gasteiger partial charge in [-0.15, -0.1) is 0 Å². The standard InChI is InChI=1S/C14H21N3O/c1-11(18)13-5-2-6-15-14(13)17-9-8-16-7-3-4-12(16)10-17/h2,5-6,11-12,18H,3-4,7-10H2,1H3. The van der Waals surface area contributed by atoms with E-state index in [0.29, 0.717) is 6.04 Å². The van der Waals surface area contributed by atoms with Crippen LogP contribution in [-0.4, -0.2) is 47.2 Å². The molecule has 3 heterocycles. The number of nitrogens with zero attached hydrogens (tertiary/aromatic N) is 3. The molecule has 2 unspecified atom stereocenters. The lowest BCUT2D eigenvalue weighted by atomic mass is 10.1. The molecular formula is C14H21N3O. The Morgan fingerprint density at radius 3 is 3.11 bits per heavy atom. The van der Waals surface area contributed by atoms with Gasteiger partial charge < -0.3 is 10.0 Å². The molecule has 0 aliphatic carbocycles. The molecule has 0 saturated carbocycles. The van der Waals surface area contributed by atoms with Gasteiger partial charge in [0.15, 0.2) is 0 Å². The first-order valence-electron chi connectivity index (χ1n) is 6.87. The fourth-order valence-electron chi connectivity index (χ4n) is 3.18. The molecule has 1 N–H and O–H groups in total. The maximum absolute atomic E-state index is 9.85. The van der Waals surface area contributed by atoms with E-state index in [1.165, 1.54) is 19.4 Å². The van der Waals surface area contributed by atoms with E-state index in [2.05, 4.69) is 14.8 Å². The summed E-state index contributed by atoms with van der Waals surface area (Å²) in [6.07, 6.45) is 4.00. The minimum absolute atomic E-state index is 0.449. The summed E-state index contributed by atoms with van der Waals surface area (Å²) < 4.78 is 0. The van der Waals surface area contributed by atoms with E-state index >= 15 is 0 Å². The van der Waals surface area contributed by atoms with Crippen LogP contribution in [0.2, 0.25) is 0 Å². The molecule has 0 aromatic carbocycles. The maximum Gasteiger partial charge on any atom is 0.134 e. The van der Waals surface area contributed by atoms with Crippen molar-refractivity contribution >= 4 is 5.82 Å². The van der Waals surface area contributed by atoms with Gasteiger partial charge in [-0.05, 0) is 32.4 Å². The van der Waals surface area contributed by atoms with E-state index in [9.17, 15) is 5.11 Å². The fourth-order valence-corrected chi connectivity index (χ4v) is 3.18. The quantitative estimate of drug-likeness (QED) is 0.858. The predicted molar refractivity (Wildman–Crippen MR) is 71.7 cm³/mol. The van der Waals surface area contributed by atoms with Gasteiger partial charge in [0.2, 0.25) is 0 Å². The molecule has 0 spiro atoms. The van der Waals surface area contributed by atoms with Crippen LogP contribution >= 0.6 is 0 Å². The van der Waals surface area contributed by atoms with E-state index < -0.39 is 6.10 Å². The van der Waals surface area contributed by atoms with Crippen molar-refractivity contribution in [1.29, 1.82) is 0 Å². The van der Waals surface area contributed by atoms with E-state index in [-0.39, 0.29) is 0 Å². The van der Waals surface area contributed by atoms with E-state index in [4.69, 9.17) is 0 Å². The van der Waals surface area contributed by atoms with Crippen LogP contribution in [0, 0.1) is 0 Å². The monoisotopic (exact) mass is 247 g/mol. The van der Waals surface area contributed by atoms with Crippen molar-refractivity contribution in [2.45, 2.75) is 31.9 Å². The zero-order chi connectivity index (χ0) is 12.5. The van der Waals surface area contributed by atoms with Gasteiger partial charge in [-0.1, -0.05) is 6.07 Å². The summed E-state index contributed by atoms with van der Waals surface area (Å²) >= 11 is 0. The Hall–Kier alpha value is -1.13. The molecule has 4 nitrogen and oxygen atoms in total. The third-order valence-corrected chi connectivity index (χ3v) is 4.15. The fraction of sp³-hybridized carbons (Fsp3) is 0.643. The van der Waals surface area contributed by atoms with Crippen LogP contribution < -0.4 is 4.90 Å². The summed E-state index contributed by atoms with van der Waals surface area (Å²) in [6, 6.07) is 4.56. The predicted octanol–water partition coefficient (Wildman–Crippen LogP) is 1.42. The van der Waals surface area contributed by atoms with Gasteiger partial charge in [-0.25, -0.2) is 4.98 Å². The van der Waals surface area contributed by atoms with Crippen LogP contribution in [0.3, 0.4) is 0 Å². The first kappa shape index (κ1) is 11.9. The van der Waals surface area contributed by atoms with Crippen LogP contribution in [0.1, 0.15) is 31.4 Å². The molecule has 3 rings (SSSR count). The maximum atomic E-state index is 9.85. The summed E-state index contributed by atoms with van der Waals surface area (Å²) in [5.74, 6) is 0.971. The molecular weight excluding hydrogens is 226 g/mol. The number of aliphatic hydroxyl groups is 1. The number of hydrogen-bond acceptors (Lipinski definition) is 4. The van der Waals surface area contributed by atoms with Crippen molar-refractivity contribution in [2.75, 3.05) is 31.1 Å².